The molecule has 0 atom stereocenters. The average Bonchev–Trinajstić information content (AvgIpc) is 2.78. The average molecular weight is 324 g/mol. The molecular weight excluding hydrogens is 300 g/mol. The molecule has 1 heterocycles. The SMILES string of the molecule is CNS(=O)(=O)c1cc(C(=O)N2CCCCCC2)cc(C)c1C. The summed E-state index contributed by atoms with van der Waals surface area (Å²) in [6, 6.07) is 3.29. The molecule has 1 aromatic carbocycles. The van der Waals surface area contributed by atoms with Crippen LogP contribution in [-0.2, 0) is 10.0 Å². The number of hydrogen-bond donors (Lipinski definition) is 1. The van der Waals surface area contributed by atoms with Gasteiger partial charge < -0.3 is 4.90 Å². The quantitative estimate of drug-likeness (QED) is 0.927. The molecule has 1 aromatic rings. The Morgan fingerprint density at radius 3 is 2.23 bits per heavy atom. The van der Waals surface area contributed by atoms with E-state index in [2.05, 4.69) is 4.72 Å². The van der Waals surface area contributed by atoms with E-state index in [4.69, 9.17) is 0 Å². The Bertz CT molecular complexity index is 660. The molecule has 1 N–H and O–H groups in total. The second kappa shape index (κ2) is 6.79. The summed E-state index contributed by atoms with van der Waals surface area (Å²) in [4.78, 5) is 14.7. The Morgan fingerprint density at radius 2 is 1.68 bits per heavy atom. The summed E-state index contributed by atoms with van der Waals surface area (Å²) in [6.45, 7) is 5.10. The highest BCUT2D eigenvalue weighted by Gasteiger charge is 2.22. The van der Waals surface area contributed by atoms with Crippen LogP contribution in [0, 0.1) is 13.8 Å². The number of carbonyl (C=O) groups excluding carboxylic acids is 1. The highest BCUT2D eigenvalue weighted by atomic mass is 32.2. The summed E-state index contributed by atoms with van der Waals surface area (Å²) in [5, 5.41) is 0. The largest absolute Gasteiger partial charge is 0.339 e. The molecule has 0 aromatic heterocycles. The van der Waals surface area contributed by atoms with Crippen LogP contribution in [0.1, 0.15) is 47.2 Å². The molecule has 5 nitrogen and oxygen atoms in total. The lowest BCUT2D eigenvalue weighted by Crippen LogP contribution is -2.32. The summed E-state index contributed by atoms with van der Waals surface area (Å²) < 4.78 is 26.6. The van der Waals surface area contributed by atoms with Crippen LogP contribution in [0.25, 0.3) is 0 Å². The number of benzene rings is 1. The van der Waals surface area contributed by atoms with Crippen molar-refractivity contribution in [1.29, 1.82) is 0 Å². The van der Waals surface area contributed by atoms with Gasteiger partial charge in [-0.25, -0.2) is 13.1 Å². The predicted molar refractivity (Wildman–Crippen MR) is 86.5 cm³/mol. The fourth-order valence-electron chi connectivity index (χ4n) is 2.80. The van der Waals surface area contributed by atoms with E-state index in [9.17, 15) is 13.2 Å². The molecular formula is C16H24N2O3S. The molecule has 0 radical (unpaired) electrons. The van der Waals surface area contributed by atoms with E-state index in [0.717, 1.165) is 44.3 Å². The van der Waals surface area contributed by atoms with Gasteiger partial charge in [0.15, 0.2) is 0 Å². The molecule has 0 unspecified atom stereocenters. The number of carbonyl (C=O) groups is 1. The first-order valence-corrected chi connectivity index (χ1v) is 9.19. The Hall–Kier alpha value is -1.40. The van der Waals surface area contributed by atoms with Crippen molar-refractivity contribution in [2.24, 2.45) is 0 Å². The van der Waals surface area contributed by atoms with Crippen molar-refractivity contribution in [2.75, 3.05) is 20.1 Å². The third-order valence-electron chi connectivity index (χ3n) is 4.32. The first kappa shape index (κ1) is 17.0. The van der Waals surface area contributed by atoms with Gasteiger partial charge >= 0.3 is 0 Å². The van der Waals surface area contributed by atoms with Crippen LogP contribution in [0.4, 0.5) is 0 Å². The zero-order valence-electron chi connectivity index (χ0n) is 13.5. The monoisotopic (exact) mass is 324 g/mol. The summed E-state index contributed by atoms with van der Waals surface area (Å²) >= 11 is 0. The molecule has 22 heavy (non-hydrogen) atoms. The minimum absolute atomic E-state index is 0.0717. The van der Waals surface area contributed by atoms with E-state index in [1.54, 1.807) is 13.0 Å². The molecule has 1 aliphatic heterocycles. The number of nitrogens with one attached hydrogen (secondary N) is 1. The highest BCUT2D eigenvalue weighted by Crippen LogP contribution is 2.22. The van der Waals surface area contributed by atoms with Gasteiger partial charge in [0.25, 0.3) is 5.91 Å². The van der Waals surface area contributed by atoms with Crippen molar-refractivity contribution in [3.63, 3.8) is 0 Å². The van der Waals surface area contributed by atoms with Gasteiger partial charge in [-0.3, -0.25) is 4.79 Å². The number of nitrogens with zero attached hydrogens (tertiary/aromatic N) is 1. The fourth-order valence-corrected chi connectivity index (χ4v) is 3.86. The number of aryl methyl sites for hydroxylation is 1. The van der Waals surface area contributed by atoms with Crippen LogP contribution in [0.15, 0.2) is 17.0 Å². The molecule has 0 aliphatic carbocycles. The predicted octanol–water partition coefficient (Wildman–Crippen LogP) is 2.23. The first-order valence-electron chi connectivity index (χ1n) is 7.71. The van der Waals surface area contributed by atoms with E-state index in [0.29, 0.717) is 11.1 Å². The van der Waals surface area contributed by atoms with Crippen LogP contribution < -0.4 is 4.72 Å². The van der Waals surface area contributed by atoms with Crippen LogP contribution in [0.3, 0.4) is 0 Å². The second-order valence-electron chi connectivity index (χ2n) is 5.83. The zero-order chi connectivity index (χ0) is 16.3. The van der Waals surface area contributed by atoms with Gasteiger partial charge in [0.1, 0.15) is 0 Å². The highest BCUT2D eigenvalue weighted by molar-refractivity contribution is 7.89. The van der Waals surface area contributed by atoms with Gasteiger partial charge in [-0.1, -0.05) is 12.8 Å². The third kappa shape index (κ3) is 3.50. The number of sulfonamides is 1. The van der Waals surface area contributed by atoms with Crippen molar-refractivity contribution < 1.29 is 13.2 Å². The van der Waals surface area contributed by atoms with Gasteiger partial charge in [0, 0.05) is 18.7 Å². The van der Waals surface area contributed by atoms with Crippen molar-refractivity contribution in [1.82, 2.24) is 9.62 Å². The van der Waals surface area contributed by atoms with Gasteiger partial charge in [-0.05, 0) is 57.0 Å². The van der Waals surface area contributed by atoms with Gasteiger partial charge in [-0.15, -0.1) is 0 Å². The number of likely N-dealkylation sites (tertiary alicyclic amines) is 1. The minimum Gasteiger partial charge on any atom is -0.339 e. The van der Waals surface area contributed by atoms with Crippen molar-refractivity contribution in [2.45, 2.75) is 44.4 Å². The zero-order valence-corrected chi connectivity index (χ0v) is 14.3. The maximum absolute atomic E-state index is 12.7. The smallest absolute Gasteiger partial charge is 0.253 e. The number of hydrogen-bond acceptors (Lipinski definition) is 3. The third-order valence-corrected chi connectivity index (χ3v) is 5.86. The molecule has 2 rings (SSSR count). The van der Waals surface area contributed by atoms with Gasteiger partial charge in [-0.2, -0.15) is 0 Å². The summed E-state index contributed by atoms with van der Waals surface area (Å²) in [7, 11) is -2.18. The lowest BCUT2D eigenvalue weighted by atomic mass is 10.1. The molecule has 1 aliphatic rings. The number of amides is 1. The van der Waals surface area contributed by atoms with E-state index in [1.165, 1.54) is 13.1 Å². The first-order chi connectivity index (χ1) is 10.4. The van der Waals surface area contributed by atoms with E-state index >= 15 is 0 Å². The Kier molecular flexibility index (Phi) is 5.24. The molecule has 1 amide bonds. The summed E-state index contributed by atoms with van der Waals surface area (Å²) in [5.74, 6) is -0.0717. The molecule has 6 heteroatoms. The maximum Gasteiger partial charge on any atom is 0.253 e. The van der Waals surface area contributed by atoms with Gasteiger partial charge in [0.2, 0.25) is 10.0 Å². The van der Waals surface area contributed by atoms with Crippen molar-refractivity contribution in [3.8, 4) is 0 Å². The van der Waals surface area contributed by atoms with Crippen molar-refractivity contribution in [3.05, 3.63) is 28.8 Å². The Labute approximate surface area is 132 Å². The normalized spacial score (nSPS) is 16.4. The van der Waals surface area contributed by atoms with Crippen LogP contribution in [0.2, 0.25) is 0 Å². The molecule has 0 spiro atoms. The molecule has 0 bridgehead atoms. The van der Waals surface area contributed by atoms with E-state index < -0.39 is 10.0 Å². The van der Waals surface area contributed by atoms with Gasteiger partial charge in [0.05, 0.1) is 4.90 Å². The van der Waals surface area contributed by atoms with Crippen LogP contribution in [0.5, 0.6) is 0 Å². The lowest BCUT2D eigenvalue weighted by Gasteiger charge is -2.21. The molecule has 122 valence electrons. The Morgan fingerprint density at radius 1 is 1.09 bits per heavy atom. The fraction of sp³-hybridized carbons (Fsp3) is 0.562. The van der Waals surface area contributed by atoms with E-state index in [-0.39, 0.29) is 10.8 Å². The number of rotatable bonds is 3. The molecule has 1 fully saturated rings. The standard InChI is InChI=1S/C16H24N2O3S/c1-12-10-14(11-15(13(12)2)22(20,21)17-3)16(19)18-8-6-4-5-7-9-18/h10-11,17H,4-9H2,1-3H3. The van der Waals surface area contributed by atoms with E-state index in [1.807, 2.05) is 11.8 Å². The molecule has 0 saturated carbocycles. The minimum atomic E-state index is -3.57. The van der Waals surface area contributed by atoms with Crippen LogP contribution >= 0.6 is 0 Å². The maximum atomic E-state index is 12.7. The summed E-state index contributed by atoms with van der Waals surface area (Å²) in [6.07, 6.45) is 4.32. The topological polar surface area (TPSA) is 66.5 Å². The molecule has 1 saturated heterocycles. The Balaban J connectivity index is 2.41. The lowest BCUT2D eigenvalue weighted by molar-refractivity contribution is 0.0761. The van der Waals surface area contributed by atoms with Crippen molar-refractivity contribution >= 4 is 15.9 Å². The second-order valence-corrected chi connectivity index (χ2v) is 7.69. The van der Waals surface area contributed by atoms with Crippen LogP contribution in [-0.4, -0.2) is 39.4 Å². The summed E-state index contributed by atoms with van der Waals surface area (Å²) in [5.41, 5.74) is 1.95.